The molecule has 0 aliphatic rings. The van der Waals surface area contributed by atoms with Crippen molar-refractivity contribution in [1.29, 1.82) is 0 Å². The Bertz CT molecular complexity index is 3570. The zero-order valence-electron chi connectivity index (χ0n) is 30.9. The summed E-state index contributed by atoms with van der Waals surface area (Å²) in [6.45, 7) is 0. The van der Waals surface area contributed by atoms with Gasteiger partial charge in [0.1, 0.15) is 16.7 Å². The first-order chi connectivity index (χ1) is 28.7. The van der Waals surface area contributed by atoms with Gasteiger partial charge in [0.15, 0.2) is 23.1 Å². The Labute approximate surface area is 331 Å². The molecule has 3 aromatic heterocycles. The van der Waals surface area contributed by atoms with Crippen molar-refractivity contribution in [3.8, 4) is 56.7 Å². The maximum atomic E-state index is 6.48. The van der Waals surface area contributed by atoms with Crippen molar-refractivity contribution in [2.75, 3.05) is 0 Å². The molecular weight excluding hydrogens is 713 g/mol. The summed E-state index contributed by atoms with van der Waals surface area (Å²) in [7, 11) is 0. The van der Waals surface area contributed by atoms with Crippen molar-refractivity contribution in [3.05, 3.63) is 182 Å². The van der Waals surface area contributed by atoms with E-state index in [1.165, 1.54) is 16.2 Å². The van der Waals surface area contributed by atoms with Gasteiger partial charge in [-0.3, -0.25) is 0 Å². The number of rotatable bonds is 5. The number of aromatic nitrogens is 4. The number of furan rings is 1. The molecule has 12 aromatic rings. The van der Waals surface area contributed by atoms with E-state index in [4.69, 9.17) is 28.8 Å². The molecule has 9 aromatic carbocycles. The lowest BCUT2D eigenvalue weighted by Crippen LogP contribution is -2.01. The third-order valence-corrected chi connectivity index (χ3v) is 11.1. The molecule has 0 saturated heterocycles. The summed E-state index contributed by atoms with van der Waals surface area (Å²) in [6.07, 6.45) is 0. The zero-order valence-corrected chi connectivity index (χ0v) is 30.9. The van der Waals surface area contributed by atoms with Crippen molar-refractivity contribution in [2.45, 2.75) is 0 Å². The predicted molar refractivity (Wildman–Crippen MR) is 234 cm³/mol. The minimum atomic E-state index is 0.571. The molecule has 0 N–H and O–H groups in total. The van der Waals surface area contributed by atoms with Crippen molar-refractivity contribution in [1.82, 2.24) is 19.9 Å². The van der Waals surface area contributed by atoms with Gasteiger partial charge in [0.25, 0.3) is 0 Å². The molecule has 58 heavy (non-hydrogen) atoms. The Hall–Kier alpha value is -7.96. The van der Waals surface area contributed by atoms with Crippen LogP contribution < -0.4 is 0 Å². The lowest BCUT2D eigenvalue weighted by atomic mass is 9.98. The second kappa shape index (κ2) is 12.8. The van der Waals surface area contributed by atoms with E-state index in [1.54, 1.807) is 0 Å². The highest BCUT2D eigenvalue weighted by Gasteiger charge is 2.20. The molecule has 0 spiro atoms. The van der Waals surface area contributed by atoms with E-state index in [1.807, 2.05) is 60.7 Å². The highest BCUT2D eigenvalue weighted by atomic mass is 16.4. The maximum Gasteiger partial charge on any atom is 0.227 e. The topological polar surface area (TPSA) is 77.8 Å². The third kappa shape index (κ3) is 5.20. The van der Waals surface area contributed by atoms with Crippen molar-refractivity contribution in [3.63, 3.8) is 0 Å². The van der Waals surface area contributed by atoms with Crippen molar-refractivity contribution >= 4 is 65.4 Å². The standard InChI is InChI=1S/C52H30N4O2/c1-3-11-31(12-4-1)39-17-9-10-18-41(39)51-55-49(36-23-25-40-35(29-36)21-19-32-13-7-8-16-38(32)40)54-50(56-51)37-22-20-33-24-26-43-46(42(33)30-37)47-44(57-43)27-28-45-48(47)53-52(58-45)34-14-5-2-6-15-34/h1-30H. The maximum absolute atomic E-state index is 6.48. The fourth-order valence-electron chi connectivity index (χ4n) is 8.36. The summed E-state index contributed by atoms with van der Waals surface area (Å²) in [5.41, 5.74) is 8.75. The normalized spacial score (nSPS) is 11.8. The largest absolute Gasteiger partial charge is 0.456 e. The Morgan fingerprint density at radius 3 is 1.72 bits per heavy atom. The molecule has 0 radical (unpaired) electrons. The van der Waals surface area contributed by atoms with Gasteiger partial charge in [-0.2, -0.15) is 0 Å². The lowest BCUT2D eigenvalue weighted by molar-refractivity contribution is 0.619. The van der Waals surface area contributed by atoms with Crippen LogP contribution in [0.4, 0.5) is 0 Å². The molecule has 270 valence electrons. The number of hydrogen-bond acceptors (Lipinski definition) is 6. The summed E-state index contributed by atoms with van der Waals surface area (Å²) >= 11 is 0. The molecule has 0 amide bonds. The average molecular weight is 743 g/mol. The van der Waals surface area contributed by atoms with E-state index < -0.39 is 0 Å². The van der Waals surface area contributed by atoms with E-state index in [0.29, 0.717) is 28.9 Å². The van der Waals surface area contributed by atoms with E-state index in [2.05, 4.69) is 121 Å². The molecule has 0 unspecified atom stereocenters. The molecule has 0 atom stereocenters. The number of fused-ring (bicyclic) bond motifs is 10. The molecule has 6 nitrogen and oxygen atoms in total. The summed E-state index contributed by atoms with van der Waals surface area (Å²) in [5.74, 6) is 2.35. The van der Waals surface area contributed by atoms with Crippen LogP contribution in [0.25, 0.3) is 122 Å². The highest BCUT2D eigenvalue weighted by Crippen LogP contribution is 2.41. The average Bonchev–Trinajstić information content (AvgIpc) is 3.91. The van der Waals surface area contributed by atoms with E-state index in [9.17, 15) is 0 Å². The molecular formula is C52H30N4O2. The van der Waals surface area contributed by atoms with Gasteiger partial charge in [-0.05, 0) is 85.9 Å². The molecule has 0 fully saturated rings. The first-order valence-electron chi connectivity index (χ1n) is 19.3. The molecule has 0 bridgehead atoms. The fourth-order valence-corrected chi connectivity index (χ4v) is 8.36. The Morgan fingerprint density at radius 1 is 0.310 bits per heavy atom. The molecule has 3 heterocycles. The van der Waals surface area contributed by atoms with E-state index >= 15 is 0 Å². The summed E-state index contributed by atoms with van der Waals surface area (Å²) in [6, 6.07) is 62.4. The number of oxazole rings is 1. The van der Waals surface area contributed by atoms with Crippen LogP contribution in [-0.2, 0) is 0 Å². The molecule has 12 rings (SSSR count). The second-order valence-electron chi connectivity index (χ2n) is 14.6. The SMILES string of the molecule is c1ccc(-c2nc3c(ccc4oc5ccc6ccc(-c7nc(-c8ccc9c(ccc%10ccccc%109)c8)nc(-c8ccccc8-c8ccccc8)n7)cc6c5c43)o2)cc1. The van der Waals surface area contributed by atoms with Crippen LogP contribution in [0.3, 0.4) is 0 Å². The van der Waals surface area contributed by atoms with Gasteiger partial charge >= 0.3 is 0 Å². The first kappa shape index (κ1) is 32.3. The Balaban J connectivity index is 1.09. The summed E-state index contributed by atoms with van der Waals surface area (Å²) < 4.78 is 12.8. The highest BCUT2D eigenvalue weighted by molar-refractivity contribution is 6.25. The van der Waals surface area contributed by atoms with E-state index in [0.717, 1.165) is 77.0 Å². The number of hydrogen-bond donors (Lipinski definition) is 0. The van der Waals surface area contributed by atoms with Crippen LogP contribution in [0, 0.1) is 0 Å². The Kier molecular flexibility index (Phi) is 7.13. The van der Waals surface area contributed by atoms with Crippen LogP contribution in [-0.4, -0.2) is 19.9 Å². The zero-order chi connectivity index (χ0) is 38.2. The van der Waals surface area contributed by atoms with Gasteiger partial charge in [-0.25, -0.2) is 19.9 Å². The summed E-state index contributed by atoms with van der Waals surface area (Å²) in [5, 5.41) is 8.70. The lowest BCUT2D eigenvalue weighted by Gasteiger charge is -2.13. The monoisotopic (exact) mass is 742 g/mol. The quantitative estimate of drug-likeness (QED) is 0.163. The first-order valence-corrected chi connectivity index (χ1v) is 19.3. The van der Waals surface area contributed by atoms with Gasteiger partial charge in [0.05, 0.1) is 5.39 Å². The smallest absolute Gasteiger partial charge is 0.227 e. The minimum absolute atomic E-state index is 0.571. The van der Waals surface area contributed by atoms with Gasteiger partial charge < -0.3 is 8.83 Å². The predicted octanol–water partition coefficient (Wildman–Crippen LogP) is 13.7. The van der Waals surface area contributed by atoms with Gasteiger partial charge in [-0.15, -0.1) is 0 Å². The van der Waals surface area contributed by atoms with Crippen LogP contribution in [0.15, 0.2) is 191 Å². The summed E-state index contributed by atoms with van der Waals surface area (Å²) in [4.78, 5) is 20.7. The van der Waals surface area contributed by atoms with Crippen LogP contribution in [0.5, 0.6) is 0 Å². The van der Waals surface area contributed by atoms with Crippen LogP contribution >= 0.6 is 0 Å². The fraction of sp³-hybridized carbons (Fsp3) is 0. The van der Waals surface area contributed by atoms with Gasteiger partial charge in [0.2, 0.25) is 5.89 Å². The van der Waals surface area contributed by atoms with Gasteiger partial charge in [-0.1, -0.05) is 140 Å². The second-order valence-corrected chi connectivity index (χ2v) is 14.6. The van der Waals surface area contributed by atoms with Crippen molar-refractivity contribution in [2.24, 2.45) is 0 Å². The van der Waals surface area contributed by atoms with Crippen LogP contribution in [0.1, 0.15) is 0 Å². The number of benzene rings is 9. The number of nitrogens with zero attached hydrogens (tertiary/aromatic N) is 4. The molecule has 0 saturated carbocycles. The molecule has 0 aliphatic heterocycles. The minimum Gasteiger partial charge on any atom is -0.456 e. The Morgan fingerprint density at radius 2 is 0.879 bits per heavy atom. The molecule has 0 aliphatic carbocycles. The van der Waals surface area contributed by atoms with Gasteiger partial charge in [0, 0.05) is 27.6 Å². The third-order valence-electron chi connectivity index (χ3n) is 11.1. The van der Waals surface area contributed by atoms with E-state index in [-0.39, 0.29) is 0 Å². The van der Waals surface area contributed by atoms with Crippen LogP contribution in [0.2, 0.25) is 0 Å². The molecule has 6 heteroatoms. The van der Waals surface area contributed by atoms with Crippen molar-refractivity contribution < 1.29 is 8.83 Å².